The van der Waals surface area contributed by atoms with E-state index in [0.717, 1.165) is 17.8 Å². The van der Waals surface area contributed by atoms with Gasteiger partial charge in [0.15, 0.2) is 0 Å². The molecule has 1 radical (unpaired) electrons. The summed E-state index contributed by atoms with van der Waals surface area (Å²) in [6.45, 7) is 14.3. The molecule has 0 aromatic rings. The van der Waals surface area contributed by atoms with Gasteiger partial charge in [-0.1, -0.05) is 75.1 Å². The fourth-order valence-corrected chi connectivity index (χ4v) is 6.87. The van der Waals surface area contributed by atoms with Crippen molar-refractivity contribution in [2.24, 2.45) is 17.8 Å². The molecule has 0 saturated carbocycles. The largest absolute Gasteiger partial charge is 0.262 e. The van der Waals surface area contributed by atoms with Crippen molar-refractivity contribution < 1.29 is 0 Å². The molecule has 0 aromatic heterocycles. The zero-order valence-electron chi connectivity index (χ0n) is 11.4. The molecule has 0 N–H and O–H groups in total. The van der Waals surface area contributed by atoms with Crippen molar-refractivity contribution in [3.8, 4) is 0 Å². The van der Waals surface area contributed by atoms with E-state index in [2.05, 4.69) is 41.5 Å². The summed E-state index contributed by atoms with van der Waals surface area (Å²) < 4.78 is 0. The first kappa shape index (κ1) is 17.5. The van der Waals surface area contributed by atoms with Gasteiger partial charge < -0.3 is 0 Å². The molecule has 79 valence electrons. The van der Waals surface area contributed by atoms with Crippen molar-refractivity contribution in [3.63, 3.8) is 0 Å². The predicted octanol–water partition coefficient (Wildman–Crippen LogP) is 4.07. The van der Waals surface area contributed by atoms with E-state index in [1.807, 2.05) is 0 Å². The molecule has 0 aliphatic heterocycles. The molecule has 0 atom stereocenters. The molecular formula is C12H27AlLi. The molecular weight excluding hydrogens is 178 g/mol. The summed E-state index contributed by atoms with van der Waals surface area (Å²) >= 11 is -0.407. The van der Waals surface area contributed by atoms with Crippen LogP contribution < -0.4 is 0 Å². The zero-order valence-corrected chi connectivity index (χ0v) is 12.6. The van der Waals surface area contributed by atoms with Crippen LogP contribution in [0.4, 0.5) is 0 Å². The SMILES string of the molecule is CC(C)[CH2][Al]([CH2]C(C)C)[CH2]C(C)C.[Li]. The zero-order chi connectivity index (χ0) is 10.4. The average molecular weight is 205 g/mol. The fourth-order valence-electron chi connectivity index (χ4n) is 2.29. The van der Waals surface area contributed by atoms with Gasteiger partial charge >= 0.3 is 0 Å². The summed E-state index contributed by atoms with van der Waals surface area (Å²) in [5.74, 6) is 2.78. The van der Waals surface area contributed by atoms with Crippen LogP contribution in [0, 0.1) is 17.8 Å². The molecule has 0 fully saturated rings. The van der Waals surface area contributed by atoms with Crippen molar-refractivity contribution in [3.05, 3.63) is 0 Å². The molecule has 0 heterocycles. The summed E-state index contributed by atoms with van der Waals surface area (Å²) in [6.07, 6.45) is 0. The number of rotatable bonds is 6. The molecule has 0 nitrogen and oxygen atoms in total. The molecule has 0 amide bonds. The molecule has 0 rings (SSSR count). The Balaban J connectivity index is 0. The van der Waals surface area contributed by atoms with Crippen LogP contribution in [-0.2, 0) is 0 Å². The Kier molecular flexibility index (Phi) is 11.7. The van der Waals surface area contributed by atoms with Gasteiger partial charge in [0, 0.05) is 18.9 Å². The Hall–Kier alpha value is 1.13. The number of hydrogen-bond acceptors (Lipinski definition) is 0. The summed E-state index contributed by atoms with van der Waals surface area (Å²) in [6, 6.07) is 0. The molecule has 0 spiro atoms. The predicted molar refractivity (Wildman–Crippen MR) is 70.4 cm³/mol. The van der Waals surface area contributed by atoms with Gasteiger partial charge in [-0.25, -0.2) is 0 Å². The average Bonchev–Trinajstić information content (AvgIpc) is 1.80. The summed E-state index contributed by atoms with van der Waals surface area (Å²) in [5.41, 5.74) is 0. The normalized spacial score (nSPS) is 10.9. The van der Waals surface area contributed by atoms with E-state index in [1.165, 1.54) is 0 Å². The minimum Gasteiger partial charge on any atom is -0.0915 e. The van der Waals surface area contributed by atoms with Gasteiger partial charge in [0.25, 0.3) is 14.1 Å². The maximum Gasteiger partial charge on any atom is 0.262 e. The van der Waals surface area contributed by atoms with Crippen molar-refractivity contribution in [1.82, 2.24) is 0 Å². The van der Waals surface area contributed by atoms with E-state index < -0.39 is 14.1 Å². The molecule has 0 saturated heterocycles. The molecule has 0 aromatic carbocycles. The van der Waals surface area contributed by atoms with Crippen molar-refractivity contribution >= 4 is 33.0 Å². The minimum atomic E-state index is -0.407. The first-order valence-electron chi connectivity index (χ1n) is 5.91. The van der Waals surface area contributed by atoms with E-state index >= 15 is 0 Å². The van der Waals surface area contributed by atoms with E-state index in [-0.39, 0.29) is 18.9 Å². The van der Waals surface area contributed by atoms with Crippen LogP contribution in [-0.4, -0.2) is 33.0 Å². The maximum absolute atomic E-state index is 2.38. The topological polar surface area (TPSA) is 0 Å². The van der Waals surface area contributed by atoms with Crippen molar-refractivity contribution in [2.45, 2.75) is 57.4 Å². The second kappa shape index (κ2) is 9.36. The van der Waals surface area contributed by atoms with Gasteiger partial charge in [0.05, 0.1) is 0 Å². The fraction of sp³-hybridized carbons (Fsp3) is 1.00. The monoisotopic (exact) mass is 205 g/mol. The van der Waals surface area contributed by atoms with E-state index in [9.17, 15) is 0 Å². The summed E-state index contributed by atoms with van der Waals surface area (Å²) in [4.78, 5) is 0. The standard InChI is InChI=1S/3C4H9.Al.Li/c3*1-4(2)3;;/h3*4H,1H2,2-3H3;;. The van der Waals surface area contributed by atoms with Crippen LogP contribution >= 0.6 is 0 Å². The number of hydrogen-bond donors (Lipinski definition) is 0. The van der Waals surface area contributed by atoms with E-state index in [4.69, 9.17) is 0 Å². The molecule has 0 aliphatic rings. The van der Waals surface area contributed by atoms with Gasteiger partial charge in [-0.2, -0.15) is 0 Å². The molecule has 2 heteroatoms. The summed E-state index contributed by atoms with van der Waals surface area (Å²) in [5, 5.41) is 4.66. The van der Waals surface area contributed by atoms with E-state index in [1.54, 1.807) is 15.8 Å². The van der Waals surface area contributed by atoms with Gasteiger partial charge in [0.1, 0.15) is 0 Å². The smallest absolute Gasteiger partial charge is 0.0915 e. The molecule has 0 bridgehead atoms. The quantitative estimate of drug-likeness (QED) is 0.573. The molecule has 0 aliphatic carbocycles. The van der Waals surface area contributed by atoms with Crippen LogP contribution in [0.1, 0.15) is 41.5 Å². The van der Waals surface area contributed by atoms with Crippen LogP contribution in [0.2, 0.25) is 15.8 Å². The van der Waals surface area contributed by atoms with Crippen LogP contribution in [0.5, 0.6) is 0 Å². The van der Waals surface area contributed by atoms with Gasteiger partial charge in [-0.3, -0.25) is 0 Å². The van der Waals surface area contributed by atoms with Gasteiger partial charge in [0.2, 0.25) is 0 Å². The van der Waals surface area contributed by atoms with Crippen molar-refractivity contribution in [2.75, 3.05) is 0 Å². The van der Waals surface area contributed by atoms with Crippen molar-refractivity contribution in [1.29, 1.82) is 0 Å². The third-order valence-corrected chi connectivity index (χ3v) is 7.24. The Morgan fingerprint density at radius 3 is 1.00 bits per heavy atom. The first-order chi connectivity index (χ1) is 5.91. The van der Waals surface area contributed by atoms with Gasteiger partial charge in [-0.05, 0) is 0 Å². The molecule has 0 unspecified atom stereocenters. The van der Waals surface area contributed by atoms with E-state index in [0.29, 0.717) is 0 Å². The Bertz CT molecular complexity index is 97.7. The molecule has 14 heavy (non-hydrogen) atoms. The Morgan fingerprint density at radius 1 is 0.643 bits per heavy atom. The first-order valence-corrected chi connectivity index (χ1v) is 8.36. The van der Waals surface area contributed by atoms with Crippen LogP contribution in [0.25, 0.3) is 0 Å². The summed E-state index contributed by atoms with van der Waals surface area (Å²) in [7, 11) is 0. The third-order valence-electron chi connectivity index (χ3n) is 2.41. The second-order valence-corrected chi connectivity index (χ2v) is 8.90. The van der Waals surface area contributed by atoms with Crippen LogP contribution in [0.15, 0.2) is 0 Å². The van der Waals surface area contributed by atoms with Gasteiger partial charge in [-0.15, -0.1) is 0 Å². The third kappa shape index (κ3) is 11.2. The maximum atomic E-state index is 2.38. The van der Waals surface area contributed by atoms with Crippen LogP contribution in [0.3, 0.4) is 0 Å². The Labute approximate surface area is 108 Å². The minimum absolute atomic E-state index is 0. The second-order valence-electron chi connectivity index (χ2n) is 5.75. The Morgan fingerprint density at radius 2 is 0.857 bits per heavy atom.